The van der Waals surface area contributed by atoms with Gasteiger partial charge in [-0.3, -0.25) is 4.79 Å². The molecule has 0 saturated carbocycles. The topological polar surface area (TPSA) is 206 Å². The van der Waals surface area contributed by atoms with Crippen molar-refractivity contribution in [1.82, 2.24) is 10.6 Å². The first-order valence-electron chi connectivity index (χ1n) is 20.1. The minimum atomic E-state index is -1.06. The van der Waals surface area contributed by atoms with Crippen molar-refractivity contribution < 1.29 is 53.6 Å². The van der Waals surface area contributed by atoms with Gasteiger partial charge in [0.05, 0.1) is 12.0 Å². The fourth-order valence-electron chi connectivity index (χ4n) is 6.42. The van der Waals surface area contributed by atoms with Gasteiger partial charge in [0.15, 0.2) is 0 Å². The van der Waals surface area contributed by atoms with Gasteiger partial charge in [-0.2, -0.15) is 0 Å². The van der Waals surface area contributed by atoms with Crippen molar-refractivity contribution in [3.8, 4) is 22.3 Å². The number of carboxylic acid groups (broad SMARTS) is 2. The van der Waals surface area contributed by atoms with Crippen LogP contribution in [0.2, 0.25) is 0 Å². The standard InChI is InChI=1S/C19H19NO4.C19H19NO3.C5H10O2.C4H8O2/c1-2-17(18(21)22)20-19(23)24-11-16-14-9-5-3-7-12(14)13-8-4-6-10-15(13)16;1-2-13(11-21)20-19(22)23-12-18-16-9-5-3-7-14(16)15-8-4-6-10-17(15)18;1-3-4(2)5(6)7;1-2-4(6)3-5/h3-10,16-17H,2,11H2,1H3,(H,20,23)(H,21,22);3-11,13,18H,2,12H2,1H3,(H,20,22);4H,3H2,1-2H3,(H,6,7);3-4,6H,2H2,1H3. The van der Waals surface area contributed by atoms with Crippen molar-refractivity contribution in [2.45, 2.75) is 90.3 Å². The van der Waals surface area contributed by atoms with Crippen molar-refractivity contribution in [2.75, 3.05) is 13.2 Å². The Morgan fingerprint density at radius 1 is 0.567 bits per heavy atom. The summed E-state index contributed by atoms with van der Waals surface area (Å²) >= 11 is 0. The lowest BCUT2D eigenvalue weighted by Crippen LogP contribution is -2.40. The van der Waals surface area contributed by atoms with E-state index in [1.807, 2.05) is 74.5 Å². The van der Waals surface area contributed by atoms with Crippen LogP contribution >= 0.6 is 0 Å². The normalized spacial score (nSPS) is 13.7. The monoisotopic (exact) mass is 824 g/mol. The Morgan fingerprint density at radius 3 is 1.20 bits per heavy atom. The van der Waals surface area contributed by atoms with E-state index in [1.54, 1.807) is 20.8 Å². The molecule has 6 rings (SSSR count). The van der Waals surface area contributed by atoms with Crippen LogP contribution in [0.5, 0.6) is 0 Å². The molecule has 0 aromatic heterocycles. The highest BCUT2D eigenvalue weighted by molar-refractivity contribution is 5.81. The van der Waals surface area contributed by atoms with Crippen LogP contribution < -0.4 is 10.6 Å². The van der Waals surface area contributed by atoms with Gasteiger partial charge in [0.2, 0.25) is 0 Å². The summed E-state index contributed by atoms with van der Waals surface area (Å²) in [5.41, 5.74) is 9.27. The third-order valence-corrected chi connectivity index (χ3v) is 10.2. The van der Waals surface area contributed by atoms with E-state index in [0.717, 1.165) is 35.0 Å². The molecule has 0 bridgehead atoms. The first-order chi connectivity index (χ1) is 28.8. The zero-order valence-electron chi connectivity index (χ0n) is 34.7. The van der Waals surface area contributed by atoms with E-state index in [2.05, 4.69) is 47.0 Å². The number of aliphatic carboxylic acids is 2. The van der Waals surface area contributed by atoms with Crippen molar-refractivity contribution in [2.24, 2.45) is 5.92 Å². The van der Waals surface area contributed by atoms with Gasteiger partial charge in [-0.25, -0.2) is 14.4 Å². The number of hydrogen-bond donors (Lipinski definition) is 5. The Balaban J connectivity index is 0.000000249. The number of carboxylic acids is 2. The lowest BCUT2D eigenvalue weighted by molar-refractivity contribution is -0.141. The van der Waals surface area contributed by atoms with Crippen LogP contribution in [0.4, 0.5) is 9.59 Å². The molecule has 4 aromatic carbocycles. The number of aliphatic hydroxyl groups is 1. The molecule has 0 spiro atoms. The molecule has 5 N–H and O–H groups in total. The summed E-state index contributed by atoms with van der Waals surface area (Å²) in [5.74, 6) is -1.95. The van der Waals surface area contributed by atoms with Crippen LogP contribution in [0.3, 0.4) is 0 Å². The second-order valence-corrected chi connectivity index (χ2v) is 14.1. The minimum absolute atomic E-state index is 0.0319. The third-order valence-electron chi connectivity index (χ3n) is 10.2. The molecule has 4 atom stereocenters. The first-order valence-corrected chi connectivity index (χ1v) is 20.1. The molecule has 2 amide bonds. The molecule has 0 fully saturated rings. The van der Waals surface area contributed by atoms with Gasteiger partial charge in [0.1, 0.15) is 37.9 Å². The number of amides is 2. The van der Waals surface area contributed by atoms with Gasteiger partial charge in [0.25, 0.3) is 0 Å². The van der Waals surface area contributed by atoms with Gasteiger partial charge in [-0.15, -0.1) is 0 Å². The number of nitrogens with one attached hydrogen (secondary N) is 2. The van der Waals surface area contributed by atoms with Crippen molar-refractivity contribution in [3.63, 3.8) is 0 Å². The van der Waals surface area contributed by atoms with E-state index in [4.69, 9.17) is 24.8 Å². The quantitative estimate of drug-likeness (QED) is 0.0771. The zero-order chi connectivity index (χ0) is 44.2. The van der Waals surface area contributed by atoms with E-state index in [9.17, 15) is 28.8 Å². The highest BCUT2D eigenvalue weighted by atomic mass is 16.6. The van der Waals surface area contributed by atoms with E-state index >= 15 is 0 Å². The first kappa shape index (κ1) is 48.0. The number of benzene rings is 4. The number of ether oxygens (including phenoxy) is 2. The second kappa shape index (κ2) is 24.6. The summed E-state index contributed by atoms with van der Waals surface area (Å²) in [6.45, 7) is 9.27. The summed E-state index contributed by atoms with van der Waals surface area (Å²) in [6.07, 6.45) is 1.34. The van der Waals surface area contributed by atoms with E-state index in [-0.39, 0.29) is 31.0 Å². The predicted octanol–water partition coefficient (Wildman–Crippen LogP) is 7.96. The number of aliphatic hydroxyl groups excluding tert-OH is 1. The van der Waals surface area contributed by atoms with E-state index in [0.29, 0.717) is 25.5 Å². The average molecular weight is 825 g/mol. The van der Waals surface area contributed by atoms with Crippen molar-refractivity contribution in [1.29, 1.82) is 0 Å². The predicted molar refractivity (Wildman–Crippen MR) is 228 cm³/mol. The Hall–Kier alpha value is -6.34. The van der Waals surface area contributed by atoms with Gasteiger partial charge in [0, 0.05) is 11.8 Å². The van der Waals surface area contributed by atoms with Gasteiger partial charge >= 0.3 is 24.1 Å². The largest absolute Gasteiger partial charge is 0.481 e. The average Bonchev–Trinajstić information content (AvgIpc) is 3.77. The van der Waals surface area contributed by atoms with E-state index < -0.39 is 42.3 Å². The summed E-state index contributed by atoms with van der Waals surface area (Å²) < 4.78 is 10.7. The second-order valence-electron chi connectivity index (χ2n) is 14.1. The third kappa shape index (κ3) is 13.3. The molecular weight excluding hydrogens is 769 g/mol. The molecule has 0 aliphatic heterocycles. The number of alkyl carbamates (subject to hydrolysis) is 2. The summed E-state index contributed by atoms with van der Waals surface area (Å²) in [6, 6.07) is 31.0. The fraction of sp³-hybridized carbons (Fsp3) is 0.362. The Kier molecular flexibility index (Phi) is 19.7. The highest BCUT2D eigenvalue weighted by Gasteiger charge is 2.30. The van der Waals surface area contributed by atoms with Crippen LogP contribution in [-0.2, 0) is 28.7 Å². The molecule has 0 saturated heterocycles. The lowest BCUT2D eigenvalue weighted by Gasteiger charge is -2.16. The zero-order valence-corrected chi connectivity index (χ0v) is 34.7. The van der Waals surface area contributed by atoms with Gasteiger partial charge in [-0.1, -0.05) is 132 Å². The minimum Gasteiger partial charge on any atom is -0.481 e. The Bertz CT molecular complexity index is 1960. The van der Waals surface area contributed by atoms with Crippen LogP contribution in [0.15, 0.2) is 97.1 Å². The molecule has 60 heavy (non-hydrogen) atoms. The summed E-state index contributed by atoms with van der Waals surface area (Å²) in [5, 5.41) is 30.4. The fourth-order valence-corrected chi connectivity index (χ4v) is 6.42. The number of carbonyl (C=O) groups excluding carboxylic acids is 4. The molecule has 2 aliphatic rings. The molecule has 4 aromatic rings. The Labute approximate surface area is 351 Å². The molecule has 13 nitrogen and oxygen atoms in total. The molecule has 0 radical (unpaired) electrons. The number of rotatable bonds is 14. The van der Waals surface area contributed by atoms with Crippen LogP contribution in [0, 0.1) is 5.92 Å². The number of aldehydes is 2. The molecule has 4 unspecified atom stereocenters. The van der Waals surface area contributed by atoms with E-state index in [1.165, 1.54) is 22.3 Å². The molecule has 13 heteroatoms. The number of hydrogen-bond acceptors (Lipinski definition) is 9. The summed E-state index contributed by atoms with van der Waals surface area (Å²) in [7, 11) is 0. The molecular formula is C47H56N2O11. The van der Waals surface area contributed by atoms with Crippen molar-refractivity contribution in [3.05, 3.63) is 119 Å². The maximum absolute atomic E-state index is 11.9. The highest BCUT2D eigenvalue weighted by Crippen LogP contribution is 2.45. The van der Waals surface area contributed by atoms with Gasteiger partial charge < -0.3 is 45.0 Å². The maximum atomic E-state index is 11.9. The lowest BCUT2D eigenvalue weighted by atomic mass is 9.98. The summed E-state index contributed by atoms with van der Waals surface area (Å²) in [4.78, 5) is 64.9. The smallest absolute Gasteiger partial charge is 0.407 e. The van der Waals surface area contributed by atoms with Gasteiger partial charge in [-0.05, 0) is 70.2 Å². The molecule has 320 valence electrons. The SMILES string of the molecule is CCC(C)C(=O)O.CCC(C=O)NC(=O)OCC1c2ccccc2-c2ccccc21.CCC(NC(=O)OCC1c2ccccc2-c2ccccc21)C(=O)O.CCC(O)C=O. The molecule has 2 aliphatic carbocycles. The number of carbonyl (C=O) groups is 6. The van der Waals surface area contributed by atoms with Crippen LogP contribution in [0.25, 0.3) is 22.3 Å². The maximum Gasteiger partial charge on any atom is 0.407 e. The van der Waals surface area contributed by atoms with Crippen LogP contribution in [-0.4, -0.2) is 83.4 Å². The van der Waals surface area contributed by atoms with Crippen molar-refractivity contribution >= 4 is 36.7 Å². The van der Waals surface area contributed by atoms with Crippen LogP contribution in [0.1, 0.15) is 94.4 Å². The molecule has 0 heterocycles. The Morgan fingerprint density at radius 2 is 0.950 bits per heavy atom. The number of fused-ring (bicyclic) bond motifs is 6.